The van der Waals surface area contributed by atoms with E-state index in [0.29, 0.717) is 0 Å². The Morgan fingerprint density at radius 3 is 2.73 bits per heavy atom. The molecule has 1 aliphatic rings. The maximum atomic E-state index is 5.90. The molecule has 0 spiro atoms. The monoisotopic (exact) mass is 298 g/mol. The lowest BCUT2D eigenvalue weighted by atomic mass is 10.2. The number of nitrogens with one attached hydrogen (secondary N) is 2. The highest BCUT2D eigenvalue weighted by Gasteiger charge is 2.02. The van der Waals surface area contributed by atoms with Crippen LogP contribution in [0.4, 0.5) is 11.4 Å². The average molecular weight is 298 g/mol. The maximum absolute atomic E-state index is 5.90. The molecule has 0 unspecified atom stereocenters. The van der Waals surface area contributed by atoms with Gasteiger partial charge in [0, 0.05) is 6.54 Å². The second kappa shape index (κ2) is 10.2. The number of hydrogen-bond donors (Lipinski definition) is 4. The summed E-state index contributed by atoms with van der Waals surface area (Å²) in [4.78, 5) is 0. The van der Waals surface area contributed by atoms with Crippen LogP contribution in [0.15, 0.2) is 66.7 Å². The topological polar surface area (TPSA) is 76.1 Å². The zero-order chi connectivity index (χ0) is 16.2. The number of rotatable bonds is 4. The molecule has 0 aromatic heterocycles. The van der Waals surface area contributed by atoms with Crippen molar-refractivity contribution in [1.82, 2.24) is 5.32 Å². The van der Waals surface area contributed by atoms with Gasteiger partial charge in [0.2, 0.25) is 0 Å². The summed E-state index contributed by atoms with van der Waals surface area (Å²) in [5, 5.41) is 6.47. The minimum absolute atomic E-state index is 0.771. The van der Waals surface area contributed by atoms with Gasteiger partial charge in [-0.15, -0.1) is 0 Å². The Balaban J connectivity index is 0.000000295. The van der Waals surface area contributed by atoms with E-state index in [1.54, 1.807) is 0 Å². The fourth-order valence-electron chi connectivity index (χ4n) is 1.77. The standard InChI is InChI=1S/C12H15N3.C6H11N/c1-9-5-6-11(10(13)8-9)15-12-4-2-3-7-14-12;1-2-3-4-5-6-7/h2-6,8,14-15H,7,13H2,1H3;3-6H,2,7H2,1H3/b;4-3-,6-5-. The van der Waals surface area contributed by atoms with Gasteiger partial charge in [0.1, 0.15) is 5.82 Å². The van der Waals surface area contributed by atoms with Gasteiger partial charge in [-0.25, -0.2) is 0 Å². The Kier molecular flexibility index (Phi) is 8.05. The molecule has 2 rings (SSSR count). The Labute approximate surface area is 133 Å². The van der Waals surface area contributed by atoms with Crippen molar-refractivity contribution in [3.8, 4) is 0 Å². The number of benzene rings is 1. The van der Waals surface area contributed by atoms with Crippen molar-refractivity contribution in [1.29, 1.82) is 0 Å². The third-order valence-corrected chi connectivity index (χ3v) is 2.88. The predicted molar refractivity (Wildman–Crippen MR) is 97.2 cm³/mol. The van der Waals surface area contributed by atoms with Crippen LogP contribution in [0.3, 0.4) is 0 Å². The molecule has 4 nitrogen and oxygen atoms in total. The van der Waals surface area contributed by atoms with Crippen LogP contribution < -0.4 is 22.1 Å². The van der Waals surface area contributed by atoms with Gasteiger partial charge >= 0.3 is 0 Å². The smallest absolute Gasteiger partial charge is 0.103 e. The van der Waals surface area contributed by atoms with Gasteiger partial charge in [-0.1, -0.05) is 37.3 Å². The first-order valence-corrected chi connectivity index (χ1v) is 7.44. The molecular weight excluding hydrogens is 272 g/mol. The lowest BCUT2D eigenvalue weighted by Gasteiger charge is -2.16. The number of nitrogen functional groups attached to an aromatic ring is 1. The Hall–Kier alpha value is -2.62. The van der Waals surface area contributed by atoms with Crippen molar-refractivity contribution in [2.75, 3.05) is 17.6 Å². The molecule has 0 aliphatic carbocycles. The Morgan fingerprint density at radius 1 is 1.32 bits per heavy atom. The highest BCUT2D eigenvalue weighted by molar-refractivity contribution is 5.69. The van der Waals surface area contributed by atoms with E-state index in [9.17, 15) is 0 Å². The first-order valence-electron chi connectivity index (χ1n) is 7.44. The van der Waals surface area contributed by atoms with Crippen LogP contribution in [0.2, 0.25) is 0 Å². The second-order valence-corrected chi connectivity index (χ2v) is 4.83. The van der Waals surface area contributed by atoms with E-state index in [-0.39, 0.29) is 0 Å². The summed E-state index contributed by atoms with van der Waals surface area (Å²) in [6.07, 6.45) is 14.4. The van der Waals surface area contributed by atoms with Crippen molar-refractivity contribution in [3.05, 3.63) is 72.2 Å². The van der Waals surface area contributed by atoms with Crippen LogP contribution in [0.25, 0.3) is 0 Å². The largest absolute Gasteiger partial charge is 0.405 e. The fraction of sp³-hybridized carbons (Fsp3) is 0.222. The Bertz CT molecular complexity index is 568. The number of nitrogens with two attached hydrogens (primary N) is 2. The van der Waals surface area contributed by atoms with E-state index in [1.807, 2.05) is 55.5 Å². The van der Waals surface area contributed by atoms with E-state index < -0.39 is 0 Å². The van der Waals surface area contributed by atoms with Crippen molar-refractivity contribution in [2.24, 2.45) is 5.73 Å². The molecule has 0 amide bonds. The number of dihydropyridines is 1. The highest BCUT2D eigenvalue weighted by Crippen LogP contribution is 2.20. The molecule has 4 heteroatoms. The van der Waals surface area contributed by atoms with Gasteiger partial charge in [-0.05, 0) is 49.4 Å². The molecular formula is C18H26N4. The van der Waals surface area contributed by atoms with E-state index >= 15 is 0 Å². The maximum Gasteiger partial charge on any atom is 0.103 e. The molecule has 0 radical (unpaired) electrons. The summed E-state index contributed by atoms with van der Waals surface area (Å²) in [5.74, 6) is 0.980. The summed E-state index contributed by atoms with van der Waals surface area (Å²) < 4.78 is 0. The van der Waals surface area contributed by atoms with Crippen molar-refractivity contribution in [2.45, 2.75) is 20.3 Å². The summed E-state index contributed by atoms with van der Waals surface area (Å²) in [5.41, 5.74) is 13.8. The van der Waals surface area contributed by atoms with E-state index in [2.05, 4.69) is 23.6 Å². The summed E-state index contributed by atoms with van der Waals surface area (Å²) >= 11 is 0. The number of anilines is 2. The third-order valence-electron chi connectivity index (χ3n) is 2.88. The average Bonchev–Trinajstić information content (AvgIpc) is 2.52. The molecule has 1 aliphatic heterocycles. The van der Waals surface area contributed by atoms with E-state index in [0.717, 1.165) is 30.2 Å². The molecule has 22 heavy (non-hydrogen) atoms. The van der Waals surface area contributed by atoms with Gasteiger partial charge in [0.15, 0.2) is 0 Å². The molecule has 0 bridgehead atoms. The molecule has 0 saturated carbocycles. The first-order chi connectivity index (χ1) is 10.7. The van der Waals surface area contributed by atoms with E-state index in [1.165, 1.54) is 11.8 Å². The van der Waals surface area contributed by atoms with Crippen LogP contribution >= 0.6 is 0 Å². The molecule has 118 valence electrons. The van der Waals surface area contributed by atoms with Crippen LogP contribution in [-0.2, 0) is 0 Å². The first kappa shape index (κ1) is 17.4. The number of aryl methyl sites for hydroxylation is 1. The minimum Gasteiger partial charge on any atom is -0.405 e. The zero-order valence-corrected chi connectivity index (χ0v) is 13.3. The quantitative estimate of drug-likeness (QED) is 0.507. The van der Waals surface area contributed by atoms with Gasteiger partial charge in [0.25, 0.3) is 0 Å². The van der Waals surface area contributed by atoms with Crippen LogP contribution in [0.1, 0.15) is 18.9 Å². The summed E-state index contributed by atoms with van der Waals surface area (Å²) in [7, 11) is 0. The Morgan fingerprint density at radius 2 is 2.14 bits per heavy atom. The lowest BCUT2D eigenvalue weighted by Crippen LogP contribution is -2.21. The van der Waals surface area contributed by atoms with Crippen LogP contribution in [-0.4, -0.2) is 6.54 Å². The van der Waals surface area contributed by atoms with Crippen molar-refractivity contribution in [3.63, 3.8) is 0 Å². The normalized spacial score (nSPS) is 13.5. The molecule has 0 fully saturated rings. The van der Waals surface area contributed by atoms with Crippen LogP contribution in [0.5, 0.6) is 0 Å². The molecule has 1 aromatic carbocycles. The SMILES string of the molecule is CC/C=C\C=C/N.Cc1ccc(NC2=CC=CCN2)c(N)c1. The number of allylic oxidation sites excluding steroid dienone is 5. The molecule has 0 saturated heterocycles. The molecule has 1 heterocycles. The van der Waals surface area contributed by atoms with Gasteiger partial charge in [-0.2, -0.15) is 0 Å². The lowest BCUT2D eigenvalue weighted by molar-refractivity contribution is 0.897. The van der Waals surface area contributed by atoms with Gasteiger partial charge in [0.05, 0.1) is 11.4 Å². The van der Waals surface area contributed by atoms with E-state index in [4.69, 9.17) is 11.5 Å². The molecule has 0 atom stereocenters. The number of hydrogen-bond acceptors (Lipinski definition) is 4. The molecule has 1 aromatic rings. The third kappa shape index (κ3) is 6.70. The zero-order valence-electron chi connectivity index (χ0n) is 13.3. The highest BCUT2D eigenvalue weighted by atomic mass is 15.1. The summed E-state index contributed by atoms with van der Waals surface area (Å²) in [6, 6.07) is 5.99. The fourth-order valence-corrected chi connectivity index (χ4v) is 1.77. The molecule has 6 N–H and O–H groups in total. The van der Waals surface area contributed by atoms with Gasteiger partial charge < -0.3 is 22.1 Å². The van der Waals surface area contributed by atoms with Gasteiger partial charge in [-0.3, -0.25) is 0 Å². The predicted octanol–water partition coefficient (Wildman–Crippen LogP) is 3.41. The minimum atomic E-state index is 0.771. The second-order valence-electron chi connectivity index (χ2n) is 4.83. The van der Waals surface area contributed by atoms with Crippen molar-refractivity contribution >= 4 is 11.4 Å². The van der Waals surface area contributed by atoms with Crippen molar-refractivity contribution < 1.29 is 0 Å². The summed E-state index contributed by atoms with van der Waals surface area (Å²) in [6.45, 7) is 4.96. The van der Waals surface area contributed by atoms with Crippen LogP contribution in [0, 0.1) is 6.92 Å².